The van der Waals surface area contributed by atoms with Crippen molar-refractivity contribution < 1.29 is 36.6 Å². The summed E-state index contributed by atoms with van der Waals surface area (Å²) in [5, 5.41) is 24.0. The highest BCUT2D eigenvalue weighted by atomic mass is 35.5. The Morgan fingerprint density at radius 2 is 1.62 bits per heavy atom. The van der Waals surface area contributed by atoms with Crippen LogP contribution in [0.5, 0.6) is 0 Å². The second kappa shape index (κ2) is 13.4. The molecule has 0 aliphatic rings. The van der Waals surface area contributed by atoms with Gasteiger partial charge in [-0.15, -0.1) is 0 Å². The molecule has 0 radical (unpaired) electrons. The number of carboxylic acids is 1. The number of carbonyl (C=O) groups excluding carboxylic acids is 1. The highest BCUT2D eigenvalue weighted by molar-refractivity contribution is 6.33. The molecule has 0 bridgehead atoms. The number of pyridine rings is 1. The number of fused-ring (bicyclic) bond motifs is 1. The van der Waals surface area contributed by atoms with Gasteiger partial charge in [-0.05, 0) is 41.5 Å². The maximum Gasteiger partial charge on any atom is 0.412 e. The Balaban J connectivity index is 1.41. The van der Waals surface area contributed by atoms with E-state index in [1.807, 2.05) is 6.07 Å². The van der Waals surface area contributed by atoms with Crippen LogP contribution in [0.1, 0.15) is 33.1 Å². The minimum Gasteiger partial charge on any atom is -0.480 e. The predicted octanol–water partition coefficient (Wildman–Crippen LogP) is 7.85. The van der Waals surface area contributed by atoms with E-state index in [-0.39, 0.29) is 12.0 Å². The number of anilines is 1. The summed E-state index contributed by atoms with van der Waals surface area (Å²) in [4.78, 5) is 29.6. The monoisotopic (exact) mass is 664 g/mol. The van der Waals surface area contributed by atoms with Crippen LogP contribution < -0.4 is 10.6 Å². The number of hydrogen-bond donors (Lipinski definition) is 3. The van der Waals surface area contributed by atoms with Gasteiger partial charge in [-0.3, -0.25) is 9.78 Å². The number of alkyl halides is 3. The maximum absolute atomic E-state index is 15.1. The van der Waals surface area contributed by atoms with Crippen molar-refractivity contribution in [1.82, 2.24) is 10.3 Å². The summed E-state index contributed by atoms with van der Waals surface area (Å²) < 4.78 is 71.4. The molecular formula is C34H22ClF5N4O3. The number of nitrogens with zero attached hydrogens (tertiary/aromatic N) is 2. The number of benzene rings is 4. The summed E-state index contributed by atoms with van der Waals surface area (Å²) >= 11 is 6.41. The molecule has 5 aromatic rings. The summed E-state index contributed by atoms with van der Waals surface area (Å²) in [6.07, 6.45) is -3.63. The molecule has 4 aromatic carbocycles. The molecule has 238 valence electrons. The molecule has 0 spiro atoms. The van der Waals surface area contributed by atoms with Crippen molar-refractivity contribution in [1.29, 1.82) is 5.26 Å². The highest BCUT2D eigenvalue weighted by Crippen LogP contribution is 2.37. The third-order valence-corrected chi connectivity index (χ3v) is 7.63. The number of carboxylic acid groups (broad SMARTS) is 1. The van der Waals surface area contributed by atoms with E-state index in [9.17, 15) is 27.9 Å². The fourth-order valence-corrected chi connectivity index (χ4v) is 5.40. The molecule has 13 heteroatoms. The first-order valence-electron chi connectivity index (χ1n) is 13.8. The van der Waals surface area contributed by atoms with Crippen LogP contribution in [0.15, 0.2) is 91.1 Å². The van der Waals surface area contributed by atoms with Gasteiger partial charge in [0.1, 0.15) is 29.3 Å². The summed E-state index contributed by atoms with van der Waals surface area (Å²) in [5.74, 6) is -5.93. The Morgan fingerprint density at radius 3 is 2.23 bits per heavy atom. The first-order chi connectivity index (χ1) is 22.4. The Morgan fingerprint density at radius 1 is 0.936 bits per heavy atom. The zero-order valence-corrected chi connectivity index (χ0v) is 24.7. The number of aromatic nitrogens is 1. The third kappa shape index (κ3) is 7.15. The Labute approximate surface area is 269 Å². The van der Waals surface area contributed by atoms with Crippen molar-refractivity contribution in [3.05, 3.63) is 130 Å². The van der Waals surface area contributed by atoms with Gasteiger partial charge in [-0.25, -0.2) is 13.6 Å². The quantitative estimate of drug-likeness (QED) is 0.138. The molecule has 0 aliphatic heterocycles. The number of nitriles is 1. The lowest BCUT2D eigenvalue weighted by Crippen LogP contribution is -2.43. The Hall–Kier alpha value is -5.54. The molecule has 47 heavy (non-hydrogen) atoms. The fraction of sp³-hybridized carbons (Fsp3) is 0.118. The number of carbonyl (C=O) groups is 2. The van der Waals surface area contributed by atoms with Gasteiger partial charge in [0.15, 0.2) is 0 Å². The van der Waals surface area contributed by atoms with Gasteiger partial charge < -0.3 is 15.7 Å². The largest absolute Gasteiger partial charge is 0.480 e. The van der Waals surface area contributed by atoms with Crippen LogP contribution in [-0.4, -0.2) is 34.2 Å². The van der Waals surface area contributed by atoms with Crippen molar-refractivity contribution in [3.8, 4) is 17.2 Å². The van der Waals surface area contributed by atoms with E-state index >= 15 is 8.78 Å². The lowest BCUT2D eigenvalue weighted by Gasteiger charge is -2.23. The zero-order chi connectivity index (χ0) is 33.9. The van der Waals surface area contributed by atoms with E-state index < -0.39 is 53.0 Å². The smallest absolute Gasteiger partial charge is 0.412 e. The number of halogens is 6. The first kappa shape index (κ1) is 32.8. The summed E-state index contributed by atoms with van der Waals surface area (Å²) in [5.41, 5.74) is 0.424. The van der Waals surface area contributed by atoms with Crippen LogP contribution >= 0.6 is 11.6 Å². The number of aliphatic carboxylic acids is 1. The SMILES string of the molecule is N#Cc1ccc(-c2ccc(C[C@H](NC(=O)c3c(F)cc(N[C@H](c4ccccc4)C(F)(F)F)cc3F)C(=O)O)c3cccnc23)c(Cl)c1. The number of hydrogen-bond acceptors (Lipinski definition) is 5. The average Bonchev–Trinajstić information content (AvgIpc) is 3.03. The van der Waals surface area contributed by atoms with Crippen molar-refractivity contribution in [2.24, 2.45) is 0 Å². The minimum atomic E-state index is -4.83. The van der Waals surface area contributed by atoms with Gasteiger partial charge in [0.05, 0.1) is 17.1 Å². The molecule has 1 amide bonds. The van der Waals surface area contributed by atoms with Gasteiger partial charge in [0, 0.05) is 39.8 Å². The van der Waals surface area contributed by atoms with Gasteiger partial charge in [-0.2, -0.15) is 18.4 Å². The van der Waals surface area contributed by atoms with Gasteiger partial charge in [-0.1, -0.05) is 66.2 Å². The third-order valence-electron chi connectivity index (χ3n) is 7.32. The molecule has 0 unspecified atom stereocenters. The summed E-state index contributed by atoms with van der Waals surface area (Å²) in [6.45, 7) is 0. The molecule has 1 aromatic heterocycles. The van der Waals surface area contributed by atoms with E-state index in [2.05, 4.69) is 15.6 Å². The highest BCUT2D eigenvalue weighted by Gasteiger charge is 2.41. The van der Waals surface area contributed by atoms with Gasteiger partial charge in [0.2, 0.25) is 0 Å². The van der Waals surface area contributed by atoms with Crippen LogP contribution in [0.3, 0.4) is 0 Å². The molecular weight excluding hydrogens is 643 g/mol. The zero-order valence-electron chi connectivity index (χ0n) is 23.9. The normalized spacial score (nSPS) is 12.6. The van der Waals surface area contributed by atoms with E-state index in [0.29, 0.717) is 50.3 Å². The molecule has 5 rings (SSSR count). The maximum atomic E-state index is 15.1. The van der Waals surface area contributed by atoms with Crippen LogP contribution in [-0.2, 0) is 11.2 Å². The molecule has 2 atom stereocenters. The summed E-state index contributed by atoms with van der Waals surface area (Å²) in [6, 6.07) is 17.0. The number of nitrogens with one attached hydrogen (secondary N) is 2. The fourth-order valence-electron chi connectivity index (χ4n) is 5.12. The second-order valence-electron chi connectivity index (χ2n) is 10.4. The lowest BCUT2D eigenvalue weighted by molar-refractivity contribution is -0.144. The van der Waals surface area contributed by atoms with E-state index in [1.165, 1.54) is 42.6 Å². The molecule has 1 heterocycles. The Kier molecular flexibility index (Phi) is 9.39. The topological polar surface area (TPSA) is 115 Å². The molecule has 7 nitrogen and oxygen atoms in total. The van der Waals surface area contributed by atoms with Crippen molar-refractivity contribution >= 4 is 40.1 Å². The van der Waals surface area contributed by atoms with Gasteiger partial charge in [0.25, 0.3) is 5.91 Å². The van der Waals surface area contributed by atoms with Crippen LogP contribution in [0.25, 0.3) is 22.0 Å². The predicted molar refractivity (Wildman–Crippen MR) is 165 cm³/mol. The molecule has 0 aliphatic carbocycles. The van der Waals surface area contributed by atoms with E-state index in [0.717, 1.165) is 0 Å². The van der Waals surface area contributed by atoms with E-state index in [1.54, 1.807) is 36.4 Å². The van der Waals surface area contributed by atoms with Crippen LogP contribution in [0.2, 0.25) is 5.02 Å². The second-order valence-corrected chi connectivity index (χ2v) is 10.8. The van der Waals surface area contributed by atoms with Crippen LogP contribution in [0.4, 0.5) is 27.6 Å². The molecule has 3 N–H and O–H groups in total. The number of rotatable bonds is 9. The molecule has 0 fully saturated rings. The van der Waals surface area contributed by atoms with E-state index in [4.69, 9.17) is 16.9 Å². The van der Waals surface area contributed by atoms with Crippen LogP contribution in [0, 0.1) is 23.0 Å². The first-order valence-corrected chi connectivity index (χ1v) is 14.2. The number of amides is 1. The van der Waals surface area contributed by atoms with Crippen molar-refractivity contribution in [3.63, 3.8) is 0 Å². The average molecular weight is 665 g/mol. The standard InChI is InChI=1S/C34H22ClF5N4O3/c35-25-13-18(17-41)8-10-23(25)24-11-9-20(22-7-4-12-42-30(22)24)14-28(33(46)47)44-32(45)29-26(36)15-21(16-27(29)37)43-31(34(38,39)40)19-5-2-1-3-6-19/h1-13,15-16,28,31,43H,14H2,(H,44,45)(H,46,47)/t28-,31+/m0/s1. The van der Waals surface area contributed by atoms with Gasteiger partial charge >= 0.3 is 12.1 Å². The molecule has 0 saturated heterocycles. The van der Waals surface area contributed by atoms with Crippen molar-refractivity contribution in [2.75, 3.05) is 5.32 Å². The Bertz CT molecular complexity index is 2010. The summed E-state index contributed by atoms with van der Waals surface area (Å²) in [7, 11) is 0. The minimum absolute atomic E-state index is 0.206. The van der Waals surface area contributed by atoms with Crippen molar-refractivity contribution in [2.45, 2.75) is 24.7 Å². The lowest BCUT2D eigenvalue weighted by atomic mass is 9.94. The molecule has 0 saturated carbocycles.